The number of carbonyl (C=O) groups excluding carboxylic acids is 2. The molecule has 2 heterocycles. The van der Waals surface area contributed by atoms with Gasteiger partial charge in [-0.15, -0.1) is 22.9 Å². The van der Waals surface area contributed by atoms with E-state index in [-0.39, 0.29) is 17.7 Å². The zero-order valence-electron chi connectivity index (χ0n) is 15.7. The normalized spacial score (nSPS) is 10.7. The first-order valence-corrected chi connectivity index (χ1v) is 10.4. The molecule has 1 aromatic carbocycles. The quantitative estimate of drug-likeness (QED) is 0.558. The van der Waals surface area contributed by atoms with Crippen LogP contribution in [0, 0.1) is 0 Å². The smallest absolute Gasteiger partial charge is 0.270 e. The molecule has 28 heavy (non-hydrogen) atoms. The number of amides is 2. The van der Waals surface area contributed by atoms with Crippen molar-refractivity contribution >= 4 is 40.4 Å². The SMILES string of the molecule is CCN(CC)C(=O)c1cc(-c2csc(-c3cccc(NC(=O)CCl)c3)n2)c[nH]1. The summed E-state index contributed by atoms with van der Waals surface area (Å²) in [5.41, 5.74) is 3.79. The van der Waals surface area contributed by atoms with E-state index in [1.165, 1.54) is 11.3 Å². The summed E-state index contributed by atoms with van der Waals surface area (Å²) in [6.45, 7) is 5.26. The highest BCUT2D eigenvalue weighted by Gasteiger charge is 2.16. The summed E-state index contributed by atoms with van der Waals surface area (Å²) in [5, 5.41) is 5.52. The first-order valence-electron chi connectivity index (χ1n) is 8.95. The Morgan fingerprint density at radius 1 is 1.21 bits per heavy atom. The Hall–Kier alpha value is -2.64. The number of nitrogens with one attached hydrogen (secondary N) is 2. The van der Waals surface area contributed by atoms with E-state index in [1.54, 1.807) is 17.2 Å². The average Bonchev–Trinajstić information content (AvgIpc) is 3.38. The molecule has 0 spiro atoms. The van der Waals surface area contributed by atoms with Crippen molar-refractivity contribution < 1.29 is 9.59 Å². The minimum absolute atomic E-state index is 0.0190. The molecule has 0 radical (unpaired) electrons. The molecule has 2 N–H and O–H groups in total. The molecule has 0 atom stereocenters. The van der Waals surface area contributed by atoms with E-state index < -0.39 is 0 Å². The fourth-order valence-corrected chi connectivity index (χ4v) is 3.70. The van der Waals surface area contributed by atoms with Gasteiger partial charge in [0.15, 0.2) is 0 Å². The van der Waals surface area contributed by atoms with E-state index in [4.69, 9.17) is 11.6 Å². The highest BCUT2D eigenvalue weighted by molar-refractivity contribution is 7.13. The van der Waals surface area contributed by atoms with Gasteiger partial charge in [0, 0.05) is 41.5 Å². The fraction of sp³-hybridized carbons (Fsp3) is 0.250. The molecule has 2 aromatic heterocycles. The Kier molecular flexibility index (Phi) is 6.49. The van der Waals surface area contributed by atoms with E-state index in [0.717, 1.165) is 21.8 Å². The number of thiazole rings is 1. The standard InChI is InChI=1S/C20H21ClN4O2S/c1-3-25(4-2)20(27)16-9-14(11-22-16)17-12-28-19(24-17)13-6-5-7-15(8-13)23-18(26)10-21/h5-9,11-12,22H,3-4,10H2,1-2H3,(H,23,26). The first kappa shape index (κ1) is 20.1. The number of hydrogen-bond donors (Lipinski definition) is 2. The van der Waals surface area contributed by atoms with Crippen LogP contribution in [0.4, 0.5) is 5.69 Å². The number of H-pyrrole nitrogens is 1. The fourth-order valence-electron chi connectivity index (χ4n) is 2.81. The molecule has 0 fully saturated rings. The molecule has 3 aromatic rings. The molecule has 0 aliphatic heterocycles. The van der Waals surface area contributed by atoms with E-state index >= 15 is 0 Å². The van der Waals surface area contributed by atoms with Crippen molar-refractivity contribution in [3.63, 3.8) is 0 Å². The van der Waals surface area contributed by atoms with Crippen molar-refractivity contribution in [2.24, 2.45) is 0 Å². The molecule has 6 nitrogen and oxygen atoms in total. The monoisotopic (exact) mass is 416 g/mol. The molecule has 0 saturated carbocycles. The van der Waals surface area contributed by atoms with Crippen LogP contribution < -0.4 is 5.32 Å². The van der Waals surface area contributed by atoms with Gasteiger partial charge in [-0.05, 0) is 32.0 Å². The third-order valence-electron chi connectivity index (χ3n) is 4.28. The number of halogens is 1. The van der Waals surface area contributed by atoms with Crippen molar-refractivity contribution in [1.82, 2.24) is 14.9 Å². The highest BCUT2D eigenvalue weighted by atomic mass is 35.5. The zero-order chi connectivity index (χ0) is 20.1. The number of alkyl halides is 1. The number of benzene rings is 1. The third kappa shape index (κ3) is 4.43. The van der Waals surface area contributed by atoms with Gasteiger partial charge in [0.05, 0.1) is 5.69 Å². The van der Waals surface area contributed by atoms with Crippen LogP contribution in [-0.4, -0.2) is 45.7 Å². The van der Waals surface area contributed by atoms with Crippen molar-refractivity contribution in [2.45, 2.75) is 13.8 Å². The summed E-state index contributed by atoms with van der Waals surface area (Å²) < 4.78 is 0. The van der Waals surface area contributed by atoms with Crippen molar-refractivity contribution in [1.29, 1.82) is 0 Å². The summed E-state index contributed by atoms with van der Waals surface area (Å²) in [7, 11) is 0. The molecule has 3 rings (SSSR count). The van der Waals surface area contributed by atoms with Crippen LogP contribution >= 0.6 is 22.9 Å². The Labute approximate surface area is 172 Å². The number of rotatable bonds is 7. The Morgan fingerprint density at radius 2 is 2.00 bits per heavy atom. The molecule has 0 aliphatic carbocycles. The maximum atomic E-state index is 12.5. The van der Waals surface area contributed by atoms with E-state index in [0.29, 0.717) is 24.5 Å². The summed E-state index contributed by atoms with van der Waals surface area (Å²) >= 11 is 7.04. The minimum atomic E-state index is -0.253. The van der Waals surface area contributed by atoms with Gasteiger partial charge >= 0.3 is 0 Å². The average molecular weight is 417 g/mol. The van der Waals surface area contributed by atoms with Crippen LogP contribution in [0.25, 0.3) is 21.8 Å². The molecule has 2 amide bonds. The lowest BCUT2D eigenvalue weighted by Gasteiger charge is -2.17. The van der Waals surface area contributed by atoms with Gasteiger partial charge in [0.25, 0.3) is 5.91 Å². The second kappa shape index (κ2) is 9.03. The molecule has 8 heteroatoms. The minimum Gasteiger partial charge on any atom is -0.357 e. The number of hydrogen-bond acceptors (Lipinski definition) is 4. The molecule has 0 bridgehead atoms. The summed E-state index contributed by atoms with van der Waals surface area (Å²) in [4.78, 5) is 33.4. The lowest BCUT2D eigenvalue weighted by atomic mass is 10.2. The summed E-state index contributed by atoms with van der Waals surface area (Å²) in [5.74, 6) is -0.362. The first-order chi connectivity index (χ1) is 13.5. The van der Waals surface area contributed by atoms with Gasteiger partial charge in [0.2, 0.25) is 5.91 Å². The van der Waals surface area contributed by atoms with Crippen molar-refractivity contribution in [3.8, 4) is 21.8 Å². The maximum Gasteiger partial charge on any atom is 0.270 e. The van der Waals surface area contributed by atoms with E-state index in [9.17, 15) is 9.59 Å². The van der Waals surface area contributed by atoms with Crippen LogP contribution in [0.2, 0.25) is 0 Å². The molecule has 0 aliphatic rings. The predicted octanol–water partition coefficient (Wildman–Crippen LogP) is 4.46. The number of aromatic amines is 1. The lowest BCUT2D eigenvalue weighted by Crippen LogP contribution is -2.30. The maximum absolute atomic E-state index is 12.5. The van der Waals surface area contributed by atoms with Gasteiger partial charge < -0.3 is 15.2 Å². The second-order valence-corrected chi connectivity index (χ2v) is 7.21. The van der Waals surface area contributed by atoms with Gasteiger partial charge in [0.1, 0.15) is 16.6 Å². The number of carbonyl (C=O) groups is 2. The van der Waals surface area contributed by atoms with Crippen molar-refractivity contribution in [3.05, 3.63) is 47.6 Å². The van der Waals surface area contributed by atoms with Gasteiger partial charge in [-0.3, -0.25) is 9.59 Å². The van der Waals surface area contributed by atoms with Crippen molar-refractivity contribution in [2.75, 3.05) is 24.3 Å². The van der Waals surface area contributed by atoms with Crippen LogP contribution in [0.3, 0.4) is 0 Å². The number of anilines is 1. The Morgan fingerprint density at radius 3 is 2.71 bits per heavy atom. The van der Waals surface area contributed by atoms with Gasteiger partial charge in [-0.25, -0.2) is 4.98 Å². The topological polar surface area (TPSA) is 78.1 Å². The predicted molar refractivity (Wildman–Crippen MR) is 114 cm³/mol. The lowest BCUT2D eigenvalue weighted by molar-refractivity contribution is -0.113. The van der Waals surface area contributed by atoms with E-state index in [1.807, 2.05) is 43.5 Å². The molecule has 0 saturated heterocycles. The molecule has 0 unspecified atom stereocenters. The van der Waals surface area contributed by atoms with Gasteiger partial charge in [-0.2, -0.15) is 0 Å². The van der Waals surface area contributed by atoms with Crippen LogP contribution in [0.15, 0.2) is 41.9 Å². The van der Waals surface area contributed by atoms with Crippen LogP contribution in [0.1, 0.15) is 24.3 Å². The summed E-state index contributed by atoms with van der Waals surface area (Å²) in [6, 6.07) is 9.29. The number of aromatic nitrogens is 2. The van der Waals surface area contributed by atoms with Gasteiger partial charge in [-0.1, -0.05) is 12.1 Å². The highest BCUT2D eigenvalue weighted by Crippen LogP contribution is 2.30. The second-order valence-electron chi connectivity index (χ2n) is 6.08. The molecule has 146 valence electrons. The molecular weight excluding hydrogens is 396 g/mol. The summed E-state index contributed by atoms with van der Waals surface area (Å²) in [6.07, 6.45) is 1.80. The largest absolute Gasteiger partial charge is 0.357 e. The van der Waals surface area contributed by atoms with Crippen LogP contribution in [0.5, 0.6) is 0 Å². The Balaban J connectivity index is 1.81. The zero-order valence-corrected chi connectivity index (χ0v) is 17.2. The third-order valence-corrected chi connectivity index (χ3v) is 5.41. The Bertz CT molecular complexity index is 978. The van der Waals surface area contributed by atoms with E-state index in [2.05, 4.69) is 15.3 Å². The molecular formula is C20H21ClN4O2S. The van der Waals surface area contributed by atoms with Crippen LogP contribution in [-0.2, 0) is 4.79 Å². The number of nitrogens with zero attached hydrogens (tertiary/aromatic N) is 2.